The first-order chi connectivity index (χ1) is 14.1. The molecule has 1 fully saturated rings. The third-order valence-corrected chi connectivity index (χ3v) is 5.59. The maximum atomic E-state index is 12.7. The molecule has 0 radical (unpaired) electrons. The Hall–Kier alpha value is -3.18. The van der Waals surface area contributed by atoms with Gasteiger partial charge >= 0.3 is 0 Å². The predicted molar refractivity (Wildman–Crippen MR) is 113 cm³/mol. The number of benzene rings is 2. The summed E-state index contributed by atoms with van der Waals surface area (Å²) in [6, 6.07) is 17.6. The van der Waals surface area contributed by atoms with Crippen LogP contribution in [0.4, 0.5) is 0 Å². The molecule has 0 aliphatic heterocycles. The number of aromatic nitrogens is 1. The summed E-state index contributed by atoms with van der Waals surface area (Å²) in [6.07, 6.45) is 6.46. The number of methoxy groups -OCH3 is 1. The van der Waals surface area contributed by atoms with Crippen LogP contribution in [0.3, 0.4) is 0 Å². The number of ether oxygens (including phenoxy) is 1. The van der Waals surface area contributed by atoms with Crippen LogP contribution >= 0.6 is 0 Å². The Labute approximate surface area is 170 Å². The highest BCUT2D eigenvalue weighted by molar-refractivity contribution is 5.87. The number of allylic oxidation sites excluding steroid dienone is 1. The van der Waals surface area contributed by atoms with Gasteiger partial charge in [-0.1, -0.05) is 42.5 Å². The second-order valence-electron chi connectivity index (χ2n) is 7.48. The molecule has 1 aromatic heterocycles. The van der Waals surface area contributed by atoms with Crippen LogP contribution < -0.4 is 10.1 Å². The molecule has 148 valence electrons. The minimum Gasteiger partial charge on any atom is -0.497 e. The standard InChI is InChI=1S/C24H24N2O3/c1-29-21-7-4-5-17(12-21)15-26-23(28)24(16-27)13-20(24)10-9-18-11-19-6-2-3-8-22(19)25-14-18/h2-12,14,20,27H,13,15-16H2,1H3,(H,26,28)/b10-9+. The van der Waals surface area contributed by atoms with Crippen molar-refractivity contribution < 1.29 is 14.6 Å². The molecule has 3 aromatic rings. The lowest BCUT2D eigenvalue weighted by molar-refractivity contribution is -0.128. The molecule has 0 spiro atoms. The average Bonchev–Trinajstić information content (AvgIpc) is 3.51. The van der Waals surface area contributed by atoms with Crippen molar-refractivity contribution in [2.24, 2.45) is 11.3 Å². The number of carbonyl (C=O) groups excluding carboxylic acids is 1. The summed E-state index contributed by atoms with van der Waals surface area (Å²) >= 11 is 0. The van der Waals surface area contributed by atoms with Gasteiger partial charge in [-0.05, 0) is 47.7 Å². The van der Waals surface area contributed by atoms with E-state index in [9.17, 15) is 9.90 Å². The van der Waals surface area contributed by atoms with Crippen LogP contribution in [-0.4, -0.2) is 29.7 Å². The highest BCUT2D eigenvalue weighted by atomic mass is 16.5. The Morgan fingerprint density at radius 1 is 1.28 bits per heavy atom. The predicted octanol–water partition coefficient (Wildman–Crippen LogP) is 3.57. The van der Waals surface area contributed by atoms with Gasteiger partial charge in [0.25, 0.3) is 0 Å². The summed E-state index contributed by atoms with van der Waals surface area (Å²) in [4.78, 5) is 17.2. The topological polar surface area (TPSA) is 71.5 Å². The number of aliphatic hydroxyl groups is 1. The van der Waals surface area contributed by atoms with Crippen molar-refractivity contribution in [2.45, 2.75) is 13.0 Å². The van der Waals surface area contributed by atoms with Gasteiger partial charge in [-0.2, -0.15) is 0 Å². The van der Waals surface area contributed by atoms with Crippen molar-refractivity contribution in [2.75, 3.05) is 13.7 Å². The summed E-state index contributed by atoms with van der Waals surface area (Å²) in [5, 5.41) is 13.9. The van der Waals surface area contributed by atoms with Gasteiger partial charge in [0.15, 0.2) is 0 Å². The number of carbonyl (C=O) groups is 1. The zero-order valence-corrected chi connectivity index (χ0v) is 16.3. The van der Waals surface area contributed by atoms with Crippen molar-refractivity contribution >= 4 is 22.9 Å². The molecular formula is C24H24N2O3. The number of para-hydroxylation sites is 1. The average molecular weight is 388 g/mol. The summed E-state index contributed by atoms with van der Waals surface area (Å²) < 4.78 is 5.21. The maximum Gasteiger partial charge on any atom is 0.229 e. The summed E-state index contributed by atoms with van der Waals surface area (Å²) in [6.45, 7) is 0.241. The maximum absolute atomic E-state index is 12.7. The molecule has 1 heterocycles. The molecule has 2 atom stereocenters. The lowest BCUT2D eigenvalue weighted by Crippen LogP contribution is -2.35. The Morgan fingerprint density at radius 3 is 2.97 bits per heavy atom. The molecule has 1 saturated carbocycles. The highest BCUT2D eigenvalue weighted by Gasteiger charge is 2.58. The van der Waals surface area contributed by atoms with Crippen molar-refractivity contribution in [1.82, 2.24) is 10.3 Å². The van der Waals surface area contributed by atoms with Gasteiger partial charge in [0, 0.05) is 18.1 Å². The van der Waals surface area contributed by atoms with E-state index in [0.29, 0.717) is 13.0 Å². The van der Waals surface area contributed by atoms with E-state index >= 15 is 0 Å². The fourth-order valence-electron chi connectivity index (χ4n) is 3.65. The Bertz CT molecular complexity index is 1060. The molecule has 2 unspecified atom stereocenters. The molecule has 1 aliphatic carbocycles. The Balaban J connectivity index is 1.40. The molecule has 2 N–H and O–H groups in total. The zero-order valence-electron chi connectivity index (χ0n) is 16.3. The van der Waals surface area contributed by atoms with Crippen LogP contribution in [0.1, 0.15) is 17.5 Å². The van der Waals surface area contributed by atoms with Crippen LogP contribution in [0.25, 0.3) is 17.0 Å². The number of aliphatic hydroxyl groups excluding tert-OH is 1. The minimum absolute atomic E-state index is 0.0179. The van der Waals surface area contributed by atoms with E-state index in [2.05, 4.69) is 16.4 Å². The van der Waals surface area contributed by atoms with E-state index in [1.165, 1.54) is 0 Å². The van der Waals surface area contributed by atoms with Crippen LogP contribution in [-0.2, 0) is 11.3 Å². The number of rotatable bonds is 7. The van der Waals surface area contributed by atoms with Crippen molar-refractivity contribution in [3.63, 3.8) is 0 Å². The van der Waals surface area contributed by atoms with Gasteiger partial charge in [0.2, 0.25) is 5.91 Å². The lowest BCUT2D eigenvalue weighted by atomic mass is 10.0. The summed E-state index contributed by atoms with van der Waals surface area (Å²) in [5.74, 6) is 0.656. The fraction of sp³-hybridized carbons (Fsp3) is 0.250. The number of fused-ring (bicyclic) bond motifs is 1. The largest absolute Gasteiger partial charge is 0.497 e. The fourth-order valence-corrected chi connectivity index (χ4v) is 3.65. The smallest absolute Gasteiger partial charge is 0.229 e. The first-order valence-electron chi connectivity index (χ1n) is 9.70. The van der Waals surface area contributed by atoms with E-state index in [1.807, 2.05) is 66.9 Å². The van der Waals surface area contributed by atoms with Gasteiger partial charge in [0.1, 0.15) is 5.75 Å². The molecule has 29 heavy (non-hydrogen) atoms. The van der Waals surface area contributed by atoms with E-state index in [0.717, 1.165) is 27.8 Å². The van der Waals surface area contributed by atoms with E-state index < -0.39 is 5.41 Å². The monoisotopic (exact) mass is 388 g/mol. The van der Waals surface area contributed by atoms with Crippen LogP contribution in [0.15, 0.2) is 66.9 Å². The molecule has 4 rings (SSSR count). The molecule has 1 aliphatic rings. The molecule has 1 amide bonds. The Kier molecular flexibility index (Phi) is 5.32. The van der Waals surface area contributed by atoms with Gasteiger partial charge in [-0.25, -0.2) is 0 Å². The van der Waals surface area contributed by atoms with E-state index in [-0.39, 0.29) is 18.4 Å². The highest BCUT2D eigenvalue weighted by Crippen LogP contribution is 2.53. The number of hydrogen-bond acceptors (Lipinski definition) is 4. The van der Waals surface area contributed by atoms with Crippen LogP contribution in [0.5, 0.6) is 5.75 Å². The minimum atomic E-state index is -0.736. The van der Waals surface area contributed by atoms with Crippen LogP contribution in [0, 0.1) is 11.3 Å². The lowest BCUT2D eigenvalue weighted by Gasteiger charge is -2.14. The second kappa shape index (κ2) is 8.05. The number of pyridine rings is 1. The molecular weight excluding hydrogens is 364 g/mol. The molecule has 2 aromatic carbocycles. The molecule has 0 bridgehead atoms. The van der Waals surface area contributed by atoms with E-state index in [4.69, 9.17) is 4.74 Å². The molecule has 5 nitrogen and oxygen atoms in total. The number of amides is 1. The van der Waals surface area contributed by atoms with E-state index in [1.54, 1.807) is 7.11 Å². The first kappa shape index (κ1) is 19.2. The summed E-state index contributed by atoms with van der Waals surface area (Å²) in [5.41, 5.74) is 2.16. The Morgan fingerprint density at radius 2 is 2.14 bits per heavy atom. The first-order valence-corrected chi connectivity index (χ1v) is 9.70. The van der Waals surface area contributed by atoms with Gasteiger partial charge in [-0.15, -0.1) is 0 Å². The third kappa shape index (κ3) is 4.00. The summed E-state index contributed by atoms with van der Waals surface area (Å²) in [7, 11) is 1.62. The van der Waals surface area contributed by atoms with Gasteiger partial charge in [-0.3, -0.25) is 9.78 Å². The number of nitrogens with one attached hydrogen (secondary N) is 1. The zero-order chi connectivity index (χ0) is 20.3. The van der Waals surface area contributed by atoms with Gasteiger partial charge < -0.3 is 15.2 Å². The van der Waals surface area contributed by atoms with Gasteiger partial charge in [0.05, 0.1) is 24.6 Å². The molecule has 0 saturated heterocycles. The van der Waals surface area contributed by atoms with Crippen molar-refractivity contribution in [3.8, 4) is 5.75 Å². The quantitative estimate of drug-likeness (QED) is 0.649. The van der Waals surface area contributed by atoms with Crippen molar-refractivity contribution in [3.05, 3.63) is 78.0 Å². The SMILES string of the molecule is COc1cccc(CNC(=O)C2(CO)CC2/C=C/c2cnc3ccccc3c2)c1. The van der Waals surface area contributed by atoms with Crippen molar-refractivity contribution in [1.29, 1.82) is 0 Å². The third-order valence-electron chi connectivity index (χ3n) is 5.59. The molecule has 5 heteroatoms. The van der Waals surface area contributed by atoms with Crippen LogP contribution in [0.2, 0.25) is 0 Å². The normalized spacial score (nSPS) is 20.7. The second-order valence-corrected chi connectivity index (χ2v) is 7.48. The number of nitrogens with zero attached hydrogens (tertiary/aromatic N) is 1. The number of hydrogen-bond donors (Lipinski definition) is 2.